The summed E-state index contributed by atoms with van der Waals surface area (Å²) in [5, 5.41) is 8.71. The van der Waals surface area contributed by atoms with Gasteiger partial charge in [0.05, 0.1) is 5.56 Å². The Bertz CT molecular complexity index is 332. The Hall–Kier alpha value is -1.35. The lowest BCUT2D eigenvalue weighted by molar-refractivity contribution is 0.0696. The number of aryl methyl sites for hydroxylation is 1. The lowest BCUT2D eigenvalue weighted by atomic mass is 10.0. The number of benzene rings is 1. The minimum absolute atomic E-state index is 0.0529. The van der Waals surface area contributed by atoms with Gasteiger partial charge in [0.1, 0.15) is 0 Å². The molecule has 0 aromatic heterocycles. The van der Waals surface area contributed by atoms with Gasteiger partial charge in [0.25, 0.3) is 0 Å². The molecule has 3 nitrogen and oxygen atoms in total. The highest BCUT2D eigenvalue weighted by molar-refractivity contribution is 5.87. The SMILES string of the molecule is Cc1cc(C(=O)O)ccc1C(C)N. The molecule has 0 heterocycles. The maximum absolute atomic E-state index is 10.6. The van der Waals surface area contributed by atoms with Crippen LogP contribution in [0.1, 0.15) is 34.5 Å². The van der Waals surface area contributed by atoms with E-state index in [9.17, 15) is 4.79 Å². The molecule has 0 bridgehead atoms. The van der Waals surface area contributed by atoms with Crippen LogP contribution < -0.4 is 5.73 Å². The zero-order valence-corrected chi connectivity index (χ0v) is 7.74. The van der Waals surface area contributed by atoms with Crippen molar-refractivity contribution in [3.63, 3.8) is 0 Å². The van der Waals surface area contributed by atoms with Gasteiger partial charge in [-0.2, -0.15) is 0 Å². The topological polar surface area (TPSA) is 63.3 Å². The Morgan fingerprint density at radius 2 is 2.15 bits per heavy atom. The van der Waals surface area contributed by atoms with Crippen molar-refractivity contribution in [1.29, 1.82) is 0 Å². The first-order valence-corrected chi connectivity index (χ1v) is 4.12. The molecule has 1 unspecified atom stereocenters. The summed E-state index contributed by atoms with van der Waals surface area (Å²) in [5.74, 6) is -0.903. The molecule has 0 aliphatic rings. The molecule has 0 saturated heterocycles. The van der Waals surface area contributed by atoms with Crippen LogP contribution in [-0.4, -0.2) is 11.1 Å². The summed E-state index contributed by atoms with van der Waals surface area (Å²) in [6, 6.07) is 4.93. The van der Waals surface area contributed by atoms with Crippen LogP contribution in [0.3, 0.4) is 0 Å². The van der Waals surface area contributed by atoms with E-state index in [1.165, 1.54) is 0 Å². The Balaban J connectivity index is 3.13. The fourth-order valence-electron chi connectivity index (χ4n) is 1.32. The van der Waals surface area contributed by atoms with Gasteiger partial charge >= 0.3 is 5.97 Å². The Kier molecular flexibility index (Phi) is 2.68. The minimum atomic E-state index is -0.903. The van der Waals surface area contributed by atoms with Gasteiger partial charge in [-0.1, -0.05) is 6.07 Å². The van der Waals surface area contributed by atoms with Crippen LogP contribution in [0.5, 0.6) is 0 Å². The number of carboxylic acid groups (broad SMARTS) is 1. The molecule has 0 aliphatic heterocycles. The van der Waals surface area contributed by atoms with Crippen molar-refractivity contribution in [1.82, 2.24) is 0 Å². The highest BCUT2D eigenvalue weighted by Gasteiger charge is 2.07. The first-order valence-electron chi connectivity index (χ1n) is 4.12. The molecule has 0 amide bonds. The third-order valence-corrected chi connectivity index (χ3v) is 2.01. The summed E-state index contributed by atoms with van der Waals surface area (Å²) in [5.41, 5.74) is 7.92. The average molecular weight is 179 g/mol. The predicted octanol–water partition coefficient (Wildman–Crippen LogP) is 1.71. The summed E-state index contributed by atoms with van der Waals surface area (Å²) < 4.78 is 0. The van der Waals surface area contributed by atoms with Crippen LogP contribution in [-0.2, 0) is 0 Å². The van der Waals surface area contributed by atoms with E-state index >= 15 is 0 Å². The highest BCUT2D eigenvalue weighted by Crippen LogP contribution is 2.16. The van der Waals surface area contributed by atoms with E-state index in [4.69, 9.17) is 10.8 Å². The summed E-state index contributed by atoms with van der Waals surface area (Å²) in [6.07, 6.45) is 0. The predicted molar refractivity (Wildman–Crippen MR) is 50.7 cm³/mol. The number of rotatable bonds is 2. The summed E-state index contributed by atoms with van der Waals surface area (Å²) in [6.45, 7) is 3.74. The average Bonchev–Trinajstić information content (AvgIpc) is 2.03. The zero-order chi connectivity index (χ0) is 10.0. The van der Waals surface area contributed by atoms with Crippen LogP contribution in [0.2, 0.25) is 0 Å². The van der Waals surface area contributed by atoms with Crippen LogP contribution in [0.4, 0.5) is 0 Å². The largest absolute Gasteiger partial charge is 0.478 e. The van der Waals surface area contributed by atoms with Crippen LogP contribution in [0.15, 0.2) is 18.2 Å². The quantitative estimate of drug-likeness (QED) is 0.726. The maximum atomic E-state index is 10.6. The van der Waals surface area contributed by atoms with Crippen molar-refractivity contribution in [3.05, 3.63) is 34.9 Å². The van der Waals surface area contributed by atoms with Crippen molar-refractivity contribution in [2.24, 2.45) is 5.73 Å². The van der Waals surface area contributed by atoms with E-state index in [1.54, 1.807) is 18.2 Å². The third kappa shape index (κ3) is 2.06. The van der Waals surface area contributed by atoms with Crippen molar-refractivity contribution in [2.45, 2.75) is 19.9 Å². The van der Waals surface area contributed by atoms with E-state index in [0.29, 0.717) is 5.56 Å². The van der Waals surface area contributed by atoms with E-state index in [0.717, 1.165) is 11.1 Å². The molecule has 0 fully saturated rings. The van der Waals surface area contributed by atoms with Gasteiger partial charge in [-0.3, -0.25) is 0 Å². The first-order chi connectivity index (χ1) is 6.02. The Morgan fingerprint density at radius 1 is 1.54 bits per heavy atom. The standard InChI is InChI=1S/C10H13NO2/c1-6-5-8(10(12)13)3-4-9(6)7(2)11/h3-5,7H,11H2,1-2H3,(H,12,13). The second-order valence-corrected chi connectivity index (χ2v) is 3.17. The highest BCUT2D eigenvalue weighted by atomic mass is 16.4. The summed E-state index contributed by atoms with van der Waals surface area (Å²) >= 11 is 0. The van der Waals surface area contributed by atoms with E-state index in [2.05, 4.69) is 0 Å². The Morgan fingerprint density at radius 3 is 2.54 bits per heavy atom. The van der Waals surface area contributed by atoms with Gasteiger partial charge in [0, 0.05) is 6.04 Å². The molecule has 0 saturated carbocycles. The van der Waals surface area contributed by atoms with Crippen LogP contribution in [0.25, 0.3) is 0 Å². The molecule has 0 aliphatic carbocycles. The summed E-state index contributed by atoms with van der Waals surface area (Å²) in [7, 11) is 0. The molecule has 70 valence electrons. The Labute approximate surface area is 77.2 Å². The molecule has 1 aromatic carbocycles. The number of carbonyl (C=O) groups is 1. The summed E-state index contributed by atoms with van der Waals surface area (Å²) in [4.78, 5) is 10.6. The fraction of sp³-hybridized carbons (Fsp3) is 0.300. The van der Waals surface area contributed by atoms with Crippen molar-refractivity contribution in [2.75, 3.05) is 0 Å². The van der Waals surface area contributed by atoms with Gasteiger partial charge in [-0.05, 0) is 37.1 Å². The number of aromatic carboxylic acids is 1. The van der Waals surface area contributed by atoms with Crippen molar-refractivity contribution < 1.29 is 9.90 Å². The molecule has 1 atom stereocenters. The molecule has 0 radical (unpaired) electrons. The van der Waals surface area contributed by atoms with Gasteiger partial charge in [0.2, 0.25) is 0 Å². The molecular formula is C10H13NO2. The fourth-order valence-corrected chi connectivity index (χ4v) is 1.32. The molecule has 3 heteroatoms. The van der Waals surface area contributed by atoms with Gasteiger partial charge in [-0.25, -0.2) is 4.79 Å². The minimum Gasteiger partial charge on any atom is -0.478 e. The molecule has 1 aromatic rings. The number of nitrogens with two attached hydrogens (primary N) is 1. The van der Waals surface area contributed by atoms with Crippen LogP contribution >= 0.6 is 0 Å². The second kappa shape index (κ2) is 3.58. The number of hydrogen-bond donors (Lipinski definition) is 2. The van der Waals surface area contributed by atoms with E-state index < -0.39 is 5.97 Å². The molecular weight excluding hydrogens is 166 g/mol. The lowest BCUT2D eigenvalue weighted by Gasteiger charge is -2.09. The van der Waals surface area contributed by atoms with Crippen LogP contribution in [0, 0.1) is 6.92 Å². The normalized spacial score (nSPS) is 12.5. The van der Waals surface area contributed by atoms with Crippen molar-refractivity contribution in [3.8, 4) is 0 Å². The second-order valence-electron chi connectivity index (χ2n) is 3.17. The van der Waals surface area contributed by atoms with Crippen molar-refractivity contribution >= 4 is 5.97 Å². The first kappa shape index (κ1) is 9.74. The molecule has 3 N–H and O–H groups in total. The number of carboxylic acids is 1. The van der Waals surface area contributed by atoms with E-state index in [1.807, 2.05) is 13.8 Å². The molecule has 0 spiro atoms. The van der Waals surface area contributed by atoms with Gasteiger partial charge in [0.15, 0.2) is 0 Å². The van der Waals surface area contributed by atoms with Gasteiger partial charge in [-0.15, -0.1) is 0 Å². The maximum Gasteiger partial charge on any atom is 0.335 e. The smallest absolute Gasteiger partial charge is 0.335 e. The molecule has 13 heavy (non-hydrogen) atoms. The van der Waals surface area contributed by atoms with E-state index in [-0.39, 0.29) is 6.04 Å². The van der Waals surface area contributed by atoms with Gasteiger partial charge < -0.3 is 10.8 Å². The zero-order valence-electron chi connectivity index (χ0n) is 7.74. The third-order valence-electron chi connectivity index (χ3n) is 2.01. The molecule has 1 rings (SSSR count). The monoisotopic (exact) mass is 179 g/mol. The number of hydrogen-bond acceptors (Lipinski definition) is 2. The lowest BCUT2D eigenvalue weighted by Crippen LogP contribution is -2.08.